The van der Waals surface area contributed by atoms with E-state index < -0.39 is 10.0 Å². The third kappa shape index (κ3) is 5.47. The number of hydrogen-bond donors (Lipinski definition) is 1. The number of sulfonamides is 1. The summed E-state index contributed by atoms with van der Waals surface area (Å²) in [5.41, 5.74) is 1.19. The van der Waals surface area contributed by atoms with Crippen LogP contribution in [0.2, 0.25) is 5.02 Å². The molecule has 1 amide bonds. The molecule has 0 aliphatic carbocycles. The summed E-state index contributed by atoms with van der Waals surface area (Å²) in [7, 11) is -3.91. The van der Waals surface area contributed by atoms with Crippen LogP contribution < -0.4 is 9.62 Å². The Morgan fingerprint density at radius 2 is 1.85 bits per heavy atom. The molecule has 5 nitrogen and oxygen atoms in total. The summed E-state index contributed by atoms with van der Waals surface area (Å²) in [5.74, 6) is -0.354. The Bertz CT molecular complexity index is 885. The molecule has 7 heteroatoms. The number of carbonyl (C=O) groups is 1. The van der Waals surface area contributed by atoms with Crippen LogP contribution in [0.15, 0.2) is 53.4 Å². The van der Waals surface area contributed by atoms with E-state index in [1.807, 2.05) is 20.8 Å². The van der Waals surface area contributed by atoms with Crippen molar-refractivity contribution in [1.82, 2.24) is 5.32 Å². The highest BCUT2D eigenvalue weighted by Gasteiger charge is 2.27. The summed E-state index contributed by atoms with van der Waals surface area (Å²) < 4.78 is 27.5. The average Bonchev–Trinajstić information content (AvgIpc) is 2.63. The minimum atomic E-state index is -3.91. The summed E-state index contributed by atoms with van der Waals surface area (Å²) in [6.45, 7) is 5.45. The number of nitrogens with zero attached hydrogens (tertiary/aromatic N) is 1. The summed E-state index contributed by atoms with van der Waals surface area (Å²) in [4.78, 5) is 12.6. The van der Waals surface area contributed by atoms with Gasteiger partial charge in [-0.2, -0.15) is 0 Å². The molecule has 0 radical (unpaired) electrons. The molecule has 0 heterocycles. The molecule has 0 aromatic heterocycles. The maximum atomic E-state index is 13.2. The fraction of sp³-hybridized carbons (Fsp3) is 0.350. The monoisotopic (exact) mass is 408 g/mol. The van der Waals surface area contributed by atoms with E-state index >= 15 is 0 Å². The zero-order valence-corrected chi connectivity index (χ0v) is 17.3. The Balaban J connectivity index is 2.40. The molecule has 1 atom stereocenters. The number of amides is 1. The fourth-order valence-electron chi connectivity index (χ4n) is 2.73. The lowest BCUT2D eigenvalue weighted by molar-refractivity contribution is -0.120. The van der Waals surface area contributed by atoms with Crippen molar-refractivity contribution in [3.05, 3.63) is 59.1 Å². The predicted octanol–water partition coefficient (Wildman–Crippen LogP) is 4.15. The highest BCUT2D eigenvalue weighted by atomic mass is 35.5. The number of nitrogens with one attached hydrogen (secondary N) is 1. The standard InChI is InChI=1S/C20H25ClN2O3S/c1-4-8-16(3)22-20(24)14-23(17-12-11-15(2)19(21)13-17)27(25,26)18-9-6-5-7-10-18/h5-7,9-13,16H,4,8,14H2,1-3H3,(H,22,24)/t16-/m1/s1. The number of hydrogen-bond acceptors (Lipinski definition) is 3. The molecule has 0 aliphatic heterocycles. The lowest BCUT2D eigenvalue weighted by Gasteiger charge is -2.25. The molecule has 0 bridgehead atoms. The first-order chi connectivity index (χ1) is 12.8. The Hall–Kier alpha value is -2.05. The first-order valence-electron chi connectivity index (χ1n) is 8.89. The van der Waals surface area contributed by atoms with Crippen molar-refractivity contribution < 1.29 is 13.2 Å². The third-order valence-corrected chi connectivity index (χ3v) is 6.39. The Kier molecular flexibility index (Phi) is 7.27. The van der Waals surface area contributed by atoms with Crippen LogP contribution in [-0.4, -0.2) is 26.9 Å². The van der Waals surface area contributed by atoms with Gasteiger partial charge in [-0.15, -0.1) is 0 Å². The first-order valence-corrected chi connectivity index (χ1v) is 10.7. The van der Waals surface area contributed by atoms with E-state index in [4.69, 9.17) is 11.6 Å². The summed E-state index contributed by atoms with van der Waals surface area (Å²) >= 11 is 6.19. The highest BCUT2D eigenvalue weighted by Crippen LogP contribution is 2.27. The molecule has 0 unspecified atom stereocenters. The molecule has 0 aliphatic rings. The number of anilines is 1. The van der Waals surface area contributed by atoms with Gasteiger partial charge in [-0.3, -0.25) is 9.10 Å². The van der Waals surface area contributed by atoms with Gasteiger partial charge in [0.15, 0.2) is 0 Å². The average molecular weight is 409 g/mol. The molecular formula is C20H25ClN2O3S. The predicted molar refractivity (Wildman–Crippen MR) is 110 cm³/mol. The summed E-state index contributed by atoms with van der Waals surface area (Å²) in [6.07, 6.45) is 1.76. The number of carbonyl (C=O) groups excluding carboxylic acids is 1. The maximum absolute atomic E-state index is 13.2. The molecule has 0 saturated carbocycles. The van der Waals surface area contributed by atoms with Crippen LogP contribution in [0.1, 0.15) is 32.3 Å². The second kappa shape index (κ2) is 9.24. The minimum Gasteiger partial charge on any atom is -0.352 e. The zero-order chi connectivity index (χ0) is 20.0. The number of benzene rings is 2. The van der Waals surface area contributed by atoms with E-state index in [-0.39, 0.29) is 23.4 Å². The van der Waals surface area contributed by atoms with E-state index in [1.54, 1.807) is 36.4 Å². The highest BCUT2D eigenvalue weighted by molar-refractivity contribution is 7.92. The van der Waals surface area contributed by atoms with Gasteiger partial charge in [-0.25, -0.2) is 8.42 Å². The van der Waals surface area contributed by atoms with Crippen LogP contribution >= 0.6 is 11.6 Å². The lowest BCUT2D eigenvalue weighted by Crippen LogP contribution is -2.43. The van der Waals surface area contributed by atoms with Gasteiger partial charge >= 0.3 is 0 Å². The molecule has 0 fully saturated rings. The SMILES string of the molecule is CCC[C@@H](C)NC(=O)CN(c1ccc(C)c(Cl)c1)S(=O)(=O)c1ccccc1. The molecule has 2 aromatic carbocycles. The largest absolute Gasteiger partial charge is 0.352 e. The van der Waals surface area contributed by atoms with Crippen molar-refractivity contribution >= 4 is 33.2 Å². The van der Waals surface area contributed by atoms with Crippen LogP contribution in [0.3, 0.4) is 0 Å². The first kappa shape index (κ1) is 21.3. The lowest BCUT2D eigenvalue weighted by atomic mass is 10.2. The van der Waals surface area contributed by atoms with E-state index in [2.05, 4.69) is 5.32 Å². The van der Waals surface area contributed by atoms with Gasteiger partial charge in [0.2, 0.25) is 5.91 Å². The van der Waals surface area contributed by atoms with Crippen molar-refractivity contribution in [2.45, 2.75) is 44.6 Å². The van der Waals surface area contributed by atoms with Gasteiger partial charge in [0.05, 0.1) is 10.6 Å². The maximum Gasteiger partial charge on any atom is 0.264 e. The van der Waals surface area contributed by atoms with Crippen LogP contribution in [-0.2, 0) is 14.8 Å². The Labute approximate surface area is 166 Å². The van der Waals surface area contributed by atoms with E-state index in [0.29, 0.717) is 10.7 Å². The number of halogens is 1. The van der Waals surface area contributed by atoms with Gasteiger partial charge in [-0.05, 0) is 50.1 Å². The zero-order valence-electron chi connectivity index (χ0n) is 15.8. The number of aryl methyl sites for hydroxylation is 1. The molecular weight excluding hydrogens is 384 g/mol. The quantitative estimate of drug-likeness (QED) is 0.713. The van der Waals surface area contributed by atoms with Crippen molar-refractivity contribution in [1.29, 1.82) is 0 Å². The van der Waals surface area contributed by atoms with Crippen molar-refractivity contribution in [2.75, 3.05) is 10.8 Å². The molecule has 146 valence electrons. The Morgan fingerprint density at radius 3 is 2.44 bits per heavy atom. The van der Waals surface area contributed by atoms with Crippen LogP contribution in [0, 0.1) is 6.92 Å². The third-order valence-electron chi connectivity index (χ3n) is 4.19. The van der Waals surface area contributed by atoms with Crippen molar-refractivity contribution in [3.63, 3.8) is 0 Å². The summed E-state index contributed by atoms with van der Waals surface area (Å²) in [6, 6.07) is 13.0. The second-order valence-electron chi connectivity index (χ2n) is 6.52. The number of rotatable bonds is 8. The van der Waals surface area contributed by atoms with Crippen molar-refractivity contribution in [3.8, 4) is 0 Å². The fourth-order valence-corrected chi connectivity index (χ4v) is 4.34. The normalized spacial score (nSPS) is 12.4. The van der Waals surface area contributed by atoms with Gasteiger partial charge in [-0.1, -0.05) is 49.2 Å². The molecule has 0 saturated heterocycles. The molecule has 0 spiro atoms. The van der Waals surface area contributed by atoms with E-state index in [9.17, 15) is 13.2 Å². The van der Waals surface area contributed by atoms with Crippen LogP contribution in [0.5, 0.6) is 0 Å². The van der Waals surface area contributed by atoms with Gasteiger partial charge in [0.25, 0.3) is 10.0 Å². The molecule has 27 heavy (non-hydrogen) atoms. The van der Waals surface area contributed by atoms with E-state index in [0.717, 1.165) is 22.7 Å². The van der Waals surface area contributed by atoms with Crippen LogP contribution in [0.4, 0.5) is 5.69 Å². The van der Waals surface area contributed by atoms with E-state index in [1.165, 1.54) is 12.1 Å². The Morgan fingerprint density at radius 1 is 1.19 bits per heavy atom. The minimum absolute atomic E-state index is 0.0228. The molecule has 1 N–H and O–H groups in total. The second-order valence-corrected chi connectivity index (χ2v) is 8.78. The topological polar surface area (TPSA) is 66.5 Å². The van der Waals surface area contributed by atoms with Gasteiger partial charge < -0.3 is 5.32 Å². The molecule has 2 rings (SSSR count). The van der Waals surface area contributed by atoms with Gasteiger partial charge in [0.1, 0.15) is 6.54 Å². The smallest absolute Gasteiger partial charge is 0.264 e. The van der Waals surface area contributed by atoms with Crippen molar-refractivity contribution in [2.24, 2.45) is 0 Å². The van der Waals surface area contributed by atoms with Crippen LogP contribution in [0.25, 0.3) is 0 Å². The molecule has 2 aromatic rings. The summed E-state index contributed by atoms with van der Waals surface area (Å²) in [5, 5.41) is 3.30. The van der Waals surface area contributed by atoms with Gasteiger partial charge in [0, 0.05) is 11.1 Å².